The molecule has 1 rings (SSSR count). The lowest BCUT2D eigenvalue weighted by Gasteiger charge is -2.14. The summed E-state index contributed by atoms with van der Waals surface area (Å²) in [5, 5.41) is 6.13. The van der Waals surface area contributed by atoms with Crippen LogP contribution >= 0.6 is 15.9 Å². The molecule has 1 saturated heterocycles. The minimum Gasteiger partial charge on any atom is -0.356 e. The maximum Gasteiger partial charge on any atom is 0.221 e. The molecule has 1 fully saturated rings. The van der Waals surface area contributed by atoms with Crippen LogP contribution in [-0.4, -0.2) is 25.0 Å². The van der Waals surface area contributed by atoms with Crippen LogP contribution in [0, 0.1) is 0 Å². The molecule has 1 amide bonds. The number of halogens is 1. The fourth-order valence-electron chi connectivity index (χ4n) is 1.40. The van der Waals surface area contributed by atoms with Gasteiger partial charge in [0.2, 0.25) is 5.91 Å². The van der Waals surface area contributed by atoms with Gasteiger partial charge in [0.25, 0.3) is 0 Å². The summed E-state index contributed by atoms with van der Waals surface area (Å²) in [4.78, 5) is 11.2. The zero-order chi connectivity index (χ0) is 9.68. The van der Waals surface area contributed by atoms with Gasteiger partial charge in [0.15, 0.2) is 0 Å². The van der Waals surface area contributed by atoms with Crippen molar-refractivity contribution in [1.29, 1.82) is 0 Å². The molecule has 1 aliphatic rings. The van der Waals surface area contributed by atoms with E-state index in [-0.39, 0.29) is 5.91 Å². The first-order valence-electron chi connectivity index (χ1n) is 4.52. The lowest BCUT2D eigenvalue weighted by Crippen LogP contribution is -2.33. The SMILES string of the molecule is C=C(Br)CNC1CCCNC(=O)C1. The van der Waals surface area contributed by atoms with E-state index in [1.165, 1.54) is 0 Å². The Morgan fingerprint density at radius 1 is 1.77 bits per heavy atom. The molecule has 0 aromatic carbocycles. The fourth-order valence-corrected chi connectivity index (χ4v) is 1.57. The van der Waals surface area contributed by atoms with Crippen molar-refractivity contribution in [2.24, 2.45) is 0 Å². The second-order valence-corrected chi connectivity index (χ2v) is 4.41. The Kier molecular flexibility index (Phi) is 4.45. The van der Waals surface area contributed by atoms with Crippen LogP contribution in [0.4, 0.5) is 0 Å². The van der Waals surface area contributed by atoms with Crippen LogP contribution in [0.3, 0.4) is 0 Å². The lowest BCUT2D eigenvalue weighted by molar-refractivity contribution is -0.121. The van der Waals surface area contributed by atoms with Crippen LogP contribution in [0.5, 0.6) is 0 Å². The molecule has 1 aliphatic heterocycles. The van der Waals surface area contributed by atoms with E-state index in [1.54, 1.807) is 0 Å². The molecular formula is C9H15BrN2O. The number of carbonyl (C=O) groups excluding carboxylic acids is 1. The van der Waals surface area contributed by atoms with Crippen molar-refractivity contribution < 1.29 is 4.79 Å². The highest BCUT2D eigenvalue weighted by molar-refractivity contribution is 9.11. The monoisotopic (exact) mass is 246 g/mol. The molecule has 1 unspecified atom stereocenters. The quantitative estimate of drug-likeness (QED) is 0.785. The van der Waals surface area contributed by atoms with Gasteiger partial charge >= 0.3 is 0 Å². The first-order chi connectivity index (χ1) is 6.18. The first kappa shape index (κ1) is 10.7. The summed E-state index contributed by atoms with van der Waals surface area (Å²) in [7, 11) is 0. The van der Waals surface area contributed by atoms with Gasteiger partial charge in [-0.25, -0.2) is 0 Å². The van der Waals surface area contributed by atoms with Crippen LogP contribution in [-0.2, 0) is 4.79 Å². The number of hydrogen-bond acceptors (Lipinski definition) is 2. The van der Waals surface area contributed by atoms with E-state index in [0.717, 1.165) is 30.4 Å². The Morgan fingerprint density at radius 2 is 2.54 bits per heavy atom. The summed E-state index contributed by atoms with van der Waals surface area (Å²) in [6.45, 7) is 5.28. The molecule has 13 heavy (non-hydrogen) atoms. The van der Waals surface area contributed by atoms with E-state index in [0.29, 0.717) is 12.5 Å². The Balaban J connectivity index is 2.30. The molecule has 0 saturated carbocycles. The summed E-state index contributed by atoms with van der Waals surface area (Å²) in [5.41, 5.74) is 0. The van der Waals surface area contributed by atoms with E-state index in [4.69, 9.17) is 0 Å². The molecule has 2 N–H and O–H groups in total. The zero-order valence-electron chi connectivity index (χ0n) is 7.61. The standard InChI is InChI=1S/C9H15BrN2O/c1-7(10)6-12-8-3-2-4-11-9(13)5-8/h8,12H,1-6H2,(H,11,13). The van der Waals surface area contributed by atoms with Gasteiger partial charge in [0.1, 0.15) is 0 Å². The van der Waals surface area contributed by atoms with Gasteiger partial charge in [0.05, 0.1) is 0 Å². The average Bonchev–Trinajstić information content (AvgIpc) is 2.26. The molecule has 0 spiro atoms. The third kappa shape index (κ3) is 4.43. The van der Waals surface area contributed by atoms with Gasteiger partial charge in [-0.05, 0) is 12.8 Å². The van der Waals surface area contributed by atoms with Gasteiger partial charge < -0.3 is 10.6 Å². The summed E-state index contributed by atoms with van der Waals surface area (Å²) in [6.07, 6.45) is 2.69. The third-order valence-electron chi connectivity index (χ3n) is 2.07. The Morgan fingerprint density at radius 3 is 3.23 bits per heavy atom. The molecule has 74 valence electrons. The van der Waals surface area contributed by atoms with Gasteiger partial charge in [-0.15, -0.1) is 0 Å². The predicted molar refractivity (Wildman–Crippen MR) is 56.7 cm³/mol. The van der Waals surface area contributed by atoms with E-state index in [2.05, 4.69) is 33.1 Å². The molecule has 0 aromatic rings. The lowest BCUT2D eigenvalue weighted by atomic mass is 10.1. The highest BCUT2D eigenvalue weighted by atomic mass is 79.9. The zero-order valence-corrected chi connectivity index (χ0v) is 9.19. The summed E-state index contributed by atoms with van der Waals surface area (Å²) in [6, 6.07) is 0.303. The second kappa shape index (κ2) is 5.40. The number of hydrogen-bond donors (Lipinski definition) is 2. The topological polar surface area (TPSA) is 41.1 Å². The van der Waals surface area contributed by atoms with Gasteiger partial charge in [-0.1, -0.05) is 22.5 Å². The smallest absolute Gasteiger partial charge is 0.221 e. The normalized spacial score (nSPS) is 23.5. The van der Waals surface area contributed by atoms with Crippen molar-refractivity contribution in [3.8, 4) is 0 Å². The molecule has 3 nitrogen and oxygen atoms in total. The number of amides is 1. The highest BCUT2D eigenvalue weighted by Crippen LogP contribution is 2.07. The molecule has 0 aliphatic carbocycles. The van der Waals surface area contributed by atoms with E-state index >= 15 is 0 Å². The average molecular weight is 247 g/mol. The van der Waals surface area contributed by atoms with Crippen molar-refractivity contribution in [2.75, 3.05) is 13.1 Å². The molecular weight excluding hydrogens is 232 g/mol. The molecule has 0 radical (unpaired) electrons. The minimum absolute atomic E-state index is 0.148. The van der Waals surface area contributed by atoms with Crippen LogP contribution in [0.15, 0.2) is 11.1 Å². The molecule has 0 aromatic heterocycles. The third-order valence-corrected chi connectivity index (χ3v) is 2.35. The van der Waals surface area contributed by atoms with Crippen molar-refractivity contribution >= 4 is 21.8 Å². The van der Waals surface area contributed by atoms with Crippen molar-refractivity contribution in [3.63, 3.8) is 0 Å². The Labute approximate surface area is 87.1 Å². The predicted octanol–water partition coefficient (Wildman–Crippen LogP) is 1.15. The van der Waals surface area contributed by atoms with Crippen LogP contribution in [0.25, 0.3) is 0 Å². The van der Waals surface area contributed by atoms with Gasteiger partial charge in [-0.2, -0.15) is 0 Å². The summed E-state index contributed by atoms with van der Waals surface area (Å²) < 4.78 is 0.928. The number of carbonyl (C=O) groups is 1. The second-order valence-electron chi connectivity index (χ2n) is 3.29. The molecule has 1 atom stereocenters. The first-order valence-corrected chi connectivity index (χ1v) is 5.31. The Hall–Kier alpha value is -0.350. The highest BCUT2D eigenvalue weighted by Gasteiger charge is 2.16. The molecule has 4 heteroatoms. The number of nitrogens with one attached hydrogen (secondary N) is 2. The van der Waals surface area contributed by atoms with Gasteiger partial charge in [0, 0.05) is 30.0 Å². The van der Waals surface area contributed by atoms with E-state index in [1.807, 2.05) is 0 Å². The maximum absolute atomic E-state index is 11.2. The maximum atomic E-state index is 11.2. The minimum atomic E-state index is 0.148. The fraction of sp³-hybridized carbons (Fsp3) is 0.667. The van der Waals surface area contributed by atoms with Crippen LogP contribution < -0.4 is 10.6 Å². The summed E-state index contributed by atoms with van der Waals surface area (Å²) >= 11 is 3.28. The van der Waals surface area contributed by atoms with Crippen molar-refractivity contribution in [2.45, 2.75) is 25.3 Å². The number of rotatable bonds is 3. The van der Waals surface area contributed by atoms with Crippen molar-refractivity contribution in [1.82, 2.24) is 10.6 Å². The van der Waals surface area contributed by atoms with E-state index < -0.39 is 0 Å². The van der Waals surface area contributed by atoms with E-state index in [9.17, 15) is 4.79 Å². The molecule has 1 heterocycles. The largest absolute Gasteiger partial charge is 0.356 e. The van der Waals surface area contributed by atoms with Crippen molar-refractivity contribution in [3.05, 3.63) is 11.1 Å². The molecule has 0 bridgehead atoms. The van der Waals surface area contributed by atoms with Gasteiger partial charge in [-0.3, -0.25) is 4.79 Å². The Bertz CT molecular complexity index is 206. The van der Waals surface area contributed by atoms with Crippen LogP contribution in [0.2, 0.25) is 0 Å². The van der Waals surface area contributed by atoms with Crippen LogP contribution in [0.1, 0.15) is 19.3 Å². The summed E-state index contributed by atoms with van der Waals surface area (Å²) in [5.74, 6) is 0.148.